The fraction of sp³-hybridized carbons (Fsp3) is 0.550. The molecule has 7 nitrogen and oxygen atoms in total. The zero-order valence-electron chi connectivity index (χ0n) is 15.9. The fourth-order valence-corrected chi connectivity index (χ4v) is 3.93. The molecule has 3 N–H and O–H groups in total. The maximum atomic E-state index is 13.6. The predicted molar refractivity (Wildman–Crippen MR) is 100 cm³/mol. The van der Waals surface area contributed by atoms with E-state index >= 15 is 0 Å². The summed E-state index contributed by atoms with van der Waals surface area (Å²) >= 11 is 0. The molecule has 1 aromatic carbocycles. The SMILES string of the molecule is O=C(NCc1ccc(-c2noc(C3CCCC(F)(F)C3)n2)cc1)[C@H]1NCC[C@@H]1O. The van der Waals surface area contributed by atoms with Crippen molar-refractivity contribution in [1.82, 2.24) is 20.8 Å². The standard InChI is InChI=1S/C20H24F2N4O3/c21-20(22)8-1-2-14(10-20)19-25-17(26-29-19)13-5-3-12(4-6-13)11-24-18(28)16-15(27)7-9-23-16/h3-6,14-16,23,27H,1-2,7-11H2,(H,24,28)/t14?,15-,16-/m0/s1. The lowest BCUT2D eigenvalue weighted by atomic mass is 9.86. The summed E-state index contributed by atoms with van der Waals surface area (Å²) < 4.78 is 32.5. The number of aliphatic hydroxyl groups excluding tert-OH is 1. The molecule has 156 valence electrons. The van der Waals surface area contributed by atoms with Gasteiger partial charge in [-0.1, -0.05) is 29.4 Å². The first-order valence-corrected chi connectivity index (χ1v) is 9.91. The average Bonchev–Trinajstić information content (AvgIpc) is 3.35. The first-order chi connectivity index (χ1) is 13.9. The maximum absolute atomic E-state index is 13.6. The summed E-state index contributed by atoms with van der Waals surface area (Å²) in [6, 6.07) is 6.69. The van der Waals surface area contributed by atoms with E-state index in [2.05, 4.69) is 20.8 Å². The Labute approximate surface area is 166 Å². The molecular weight excluding hydrogens is 382 g/mol. The summed E-state index contributed by atoms with van der Waals surface area (Å²) in [5.74, 6) is -2.69. The van der Waals surface area contributed by atoms with Crippen LogP contribution in [0.1, 0.15) is 49.5 Å². The lowest BCUT2D eigenvalue weighted by Gasteiger charge is -2.26. The Morgan fingerprint density at radius 2 is 2.10 bits per heavy atom. The Balaban J connectivity index is 1.36. The fourth-order valence-electron chi connectivity index (χ4n) is 3.93. The molecule has 3 atom stereocenters. The van der Waals surface area contributed by atoms with Gasteiger partial charge in [0.1, 0.15) is 6.04 Å². The minimum atomic E-state index is -2.67. The third-order valence-electron chi connectivity index (χ3n) is 5.58. The van der Waals surface area contributed by atoms with Gasteiger partial charge in [-0.05, 0) is 31.4 Å². The highest BCUT2D eigenvalue weighted by Crippen LogP contribution is 2.41. The second-order valence-electron chi connectivity index (χ2n) is 7.81. The second-order valence-corrected chi connectivity index (χ2v) is 7.81. The van der Waals surface area contributed by atoms with Crippen molar-refractivity contribution >= 4 is 5.91 Å². The van der Waals surface area contributed by atoms with Crippen LogP contribution in [0.5, 0.6) is 0 Å². The van der Waals surface area contributed by atoms with E-state index < -0.39 is 24.0 Å². The van der Waals surface area contributed by atoms with Gasteiger partial charge in [-0.2, -0.15) is 4.98 Å². The van der Waals surface area contributed by atoms with E-state index in [9.17, 15) is 18.7 Å². The van der Waals surface area contributed by atoms with Crippen molar-refractivity contribution in [2.75, 3.05) is 6.54 Å². The van der Waals surface area contributed by atoms with Gasteiger partial charge in [0.2, 0.25) is 23.5 Å². The number of alkyl halides is 2. The minimum absolute atomic E-state index is 0.0851. The topological polar surface area (TPSA) is 100 Å². The number of carbonyl (C=O) groups excluding carboxylic acids is 1. The van der Waals surface area contributed by atoms with Crippen molar-refractivity contribution in [1.29, 1.82) is 0 Å². The minimum Gasteiger partial charge on any atom is -0.391 e. The zero-order chi connectivity index (χ0) is 20.4. The van der Waals surface area contributed by atoms with Crippen LogP contribution >= 0.6 is 0 Å². The maximum Gasteiger partial charge on any atom is 0.248 e. The highest BCUT2D eigenvalue weighted by atomic mass is 19.3. The predicted octanol–water partition coefficient (Wildman–Crippen LogP) is 2.37. The van der Waals surface area contributed by atoms with Crippen LogP contribution in [0.25, 0.3) is 11.4 Å². The van der Waals surface area contributed by atoms with Gasteiger partial charge in [0.15, 0.2) is 0 Å². The molecule has 2 fully saturated rings. The molecule has 1 saturated carbocycles. The number of amides is 1. The molecule has 2 aliphatic rings. The van der Waals surface area contributed by atoms with Gasteiger partial charge in [0.25, 0.3) is 0 Å². The Bertz CT molecular complexity index is 856. The molecule has 1 saturated heterocycles. The van der Waals surface area contributed by atoms with Crippen molar-refractivity contribution in [2.45, 2.75) is 62.6 Å². The van der Waals surface area contributed by atoms with E-state index in [4.69, 9.17) is 4.52 Å². The van der Waals surface area contributed by atoms with Crippen LogP contribution < -0.4 is 10.6 Å². The molecule has 1 unspecified atom stereocenters. The normalized spacial score (nSPS) is 26.4. The molecule has 2 heterocycles. The van der Waals surface area contributed by atoms with Gasteiger partial charge in [0.05, 0.1) is 6.10 Å². The molecule has 9 heteroatoms. The third kappa shape index (κ3) is 4.62. The van der Waals surface area contributed by atoms with Gasteiger partial charge in [-0.25, -0.2) is 8.78 Å². The quantitative estimate of drug-likeness (QED) is 0.705. The Kier molecular flexibility index (Phi) is 5.60. The zero-order valence-corrected chi connectivity index (χ0v) is 15.9. The van der Waals surface area contributed by atoms with Gasteiger partial charge in [-0.3, -0.25) is 4.79 Å². The van der Waals surface area contributed by atoms with Crippen molar-refractivity contribution in [3.8, 4) is 11.4 Å². The van der Waals surface area contributed by atoms with Gasteiger partial charge < -0.3 is 20.3 Å². The summed E-state index contributed by atoms with van der Waals surface area (Å²) in [7, 11) is 0. The molecule has 0 radical (unpaired) electrons. The van der Waals surface area contributed by atoms with Crippen LogP contribution in [0, 0.1) is 0 Å². The smallest absolute Gasteiger partial charge is 0.248 e. The van der Waals surface area contributed by atoms with Crippen LogP contribution in [0.3, 0.4) is 0 Å². The van der Waals surface area contributed by atoms with E-state index in [0.717, 1.165) is 5.56 Å². The van der Waals surface area contributed by atoms with Crippen molar-refractivity contribution in [3.63, 3.8) is 0 Å². The number of aliphatic hydroxyl groups is 1. The average molecular weight is 406 g/mol. The van der Waals surface area contributed by atoms with Crippen LogP contribution in [0.4, 0.5) is 8.78 Å². The summed E-state index contributed by atoms with van der Waals surface area (Å²) in [6.07, 6.45) is 0.645. The molecule has 4 rings (SSSR count). The Hall–Kier alpha value is -2.39. The van der Waals surface area contributed by atoms with Crippen molar-refractivity contribution in [3.05, 3.63) is 35.7 Å². The number of nitrogens with one attached hydrogen (secondary N) is 2. The summed E-state index contributed by atoms with van der Waals surface area (Å²) in [6.45, 7) is 0.956. The molecule has 0 bridgehead atoms. The van der Waals surface area contributed by atoms with Crippen LogP contribution in [-0.2, 0) is 11.3 Å². The number of halogens is 2. The number of rotatable bonds is 5. The number of hydrogen-bond acceptors (Lipinski definition) is 6. The molecule has 29 heavy (non-hydrogen) atoms. The van der Waals surface area contributed by atoms with E-state index in [1.165, 1.54) is 0 Å². The lowest BCUT2D eigenvalue weighted by molar-refractivity contribution is -0.124. The van der Waals surface area contributed by atoms with Crippen LogP contribution in [0.15, 0.2) is 28.8 Å². The third-order valence-corrected chi connectivity index (χ3v) is 5.58. The Morgan fingerprint density at radius 3 is 2.79 bits per heavy atom. The first kappa shape index (κ1) is 19.9. The van der Waals surface area contributed by atoms with E-state index in [1.807, 2.05) is 12.1 Å². The Morgan fingerprint density at radius 1 is 1.31 bits per heavy atom. The second kappa shape index (κ2) is 8.16. The van der Waals surface area contributed by atoms with Crippen LogP contribution in [0.2, 0.25) is 0 Å². The highest BCUT2D eigenvalue weighted by molar-refractivity contribution is 5.82. The lowest BCUT2D eigenvalue weighted by Crippen LogP contribution is -2.45. The summed E-state index contributed by atoms with van der Waals surface area (Å²) in [4.78, 5) is 16.4. The molecule has 1 amide bonds. The van der Waals surface area contributed by atoms with Gasteiger partial charge >= 0.3 is 0 Å². The molecule has 2 aromatic rings. The largest absolute Gasteiger partial charge is 0.391 e. The van der Waals surface area contributed by atoms with Gasteiger partial charge in [0, 0.05) is 30.9 Å². The number of benzene rings is 1. The van der Waals surface area contributed by atoms with Gasteiger partial charge in [-0.15, -0.1) is 0 Å². The van der Waals surface area contributed by atoms with Crippen LogP contribution in [-0.4, -0.2) is 45.8 Å². The summed E-state index contributed by atoms with van der Waals surface area (Å²) in [5.41, 5.74) is 1.59. The highest BCUT2D eigenvalue weighted by Gasteiger charge is 2.39. The van der Waals surface area contributed by atoms with Crippen molar-refractivity contribution < 1.29 is 23.2 Å². The monoisotopic (exact) mass is 406 g/mol. The molecule has 1 aliphatic heterocycles. The van der Waals surface area contributed by atoms with E-state index in [1.54, 1.807) is 12.1 Å². The van der Waals surface area contributed by atoms with E-state index in [0.29, 0.717) is 43.7 Å². The molecule has 1 aliphatic carbocycles. The molecule has 1 aromatic heterocycles. The molecule has 0 spiro atoms. The number of hydrogen-bond donors (Lipinski definition) is 3. The number of aromatic nitrogens is 2. The first-order valence-electron chi connectivity index (χ1n) is 9.91. The summed E-state index contributed by atoms with van der Waals surface area (Å²) in [5, 5.41) is 19.5. The number of nitrogens with zero attached hydrogens (tertiary/aromatic N) is 2. The molecular formula is C20H24F2N4O3. The number of carbonyl (C=O) groups is 1. The van der Waals surface area contributed by atoms with Crippen molar-refractivity contribution in [2.24, 2.45) is 0 Å². The van der Waals surface area contributed by atoms with E-state index in [-0.39, 0.29) is 24.6 Å².